The second-order valence-electron chi connectivity index (χ2n) is 5.33. The zero-order valence-corrected chi connectivity index (χ0v) is 15.5. The summed E-state index contributed by atoms with van der Waals surface area (Å²) in [7, 11) is 0. The molecule has 130 valence electrons. The standard InChI is InChI=1S/C20H16N2O2S2/c23-17(7-5-15-3-1-9-21-13-15)19(20-25-11-12-26-20)18(24)8-6-16-4-2-10-22-14-16/h1-10,13-14H,11-12H2/b7-5+,8-6+. The molecule has 0 atom stereocenters. The zero-order valence-electron chi connectivity index (χ0n) is 13.9. The fourth-order valence-electron chi connectivity index (χ4n) is 2.24. The summed E-state index contributed by atoms with van der Waals surface area (Å²) >= 11 is 3.12. The van der Waals surface area contributed by atoms with Gasteiger partial charge in [0, 0.05) is 36.3 Å². The molecule has 0 aromatic carbocycles. The molecule has 4 nitrogen and oxygen atoms in total. The summed E-state index contributed by atoms with van der Waals surface area (Å²) in [5, 5.41) is 0. The SMILES string of the molecule is O=C(/C=C/c1cccnc1)C(C(=O)/C=C/c1cccnc1)=C1SCCS1. The molecule has 3 heterocycles. The average Bonchev–Trinajstić information content (AvgIpc) is 3.21. The van der Waals surface area contributed by atoms with Crippen LogP contribution in [0.2, 0.25) is 0 Å². The van der Waals surface area contributed by atoms with E-state index in [-0.39, 0.29) is 17.1 Å². The summed E-state index contributed by atoms with van der Waals surface area (Å²) in [5.41, 5.74) is 1.86. The fourth-order valence-corrected chi connectivity index (χ4v) is 4.80. The van der Waals surface area contributed by atoms with Crippen LogP contribution in [-0.2, 0) is 9.59 Å². The normalized spacial score (nSPS) is 14.2. The topological polar surface area (TPSA) is 59.9 Å². The van der Waals surface area contributed by atoms with Crippen LogP contribution in [0.4, 0.5) is 0 Å². The van der Waals surface area contributed by atoms with Gasteiger partial charge in [-0.25, -0.2) is 0 Å². The molecule has 6 heteroatoms. The molecule has 0 aliphatic carbocycles. The van der Waals surface area contributed by atoms with Gasteiger partial charge in [-0.3, -0.25) is 19.6 Å². The minimum Gasteiger partial charge on any atom is -0.289 e. The van der Waals surface area contributed by atoms with E-state index in [0.29, 0.717) is 0 Å². The number of aromatic nitrogens is 2. The van der Waals surface area contributed by atoms with Crippen molar-refractivity contribution < 1.29 is 9.59 Å². The number of ketones is 2. The van der Waals surface area contributed by atoms with E-state index in [1.165, 1.54) is 12.2 Å². The van der Waals surface area contributed by atoms with Gasteiger partial charge in [0.05, 0.1) is 9.81 Å². The monoisotopic (exact) mass is 380 g/mol. The van der Waals surface area contributed by atoms with E-state index in [2.05, 4.69) is 9.97 Å². The molecule has 0 N–H and O–H groups in total. The number of thioether (sulfide) groups is 2. The number of carbonyl (C=O) groups excluding carboxylic acids is 2. The van der Waals surface area contributed by atoms with Gasteiger partial charge in [-0.15, -0.1) is 23.5 Å². The van der Waals surface area contributed by atoms with Crippen LogP contribution in [0, 0.1) is 0 Å². The third kappa shape index (κ3) is 5.03. The first-order valence-corrected chi connectivity index (χ1v) is 9.96. The molecular weight excluding hydrogens is 364 g/mol. The van der Waals surface area contributed by atoms with E-state index in [9.17, 15) is 9.59 Å². The van der Waals surface area contributed by atoms with Crippen molar-refractivity contribution in [2.24, 2.45) is 0 Å². The Labute approximate surface area is 160 Å². The molecule has 0 spiro atoms. The summed E-state index contributed by atoms with van der Waals surface area (Å²) < 4.78 is 0.798. The van der Waals surface area contributed by atoms with Crippen molar-refractivity contribution in [3.05, 3.63) is 82.1 Å². The van der Waals surface area contributed by atoms with E-state index in [1.54, 1.807) is 72.6 Å². The van der Waals surface area contributed by atoms with Gasteiger partial charge in [-0.05, 0) is 47.6 Å². The Bertz CT molecular complexity index is 804. The van der Waals surface area contributed by atoms with Crippen molar-refractivity contribution >= 4 is 47.2 Å². The van der Waals surface area contributed by atoms with E-state index >= 15 is 0 Å². The van der Waals surface area contributed by atoms with Crippen LogP contribution < -0.4 is 0 Å². The van der Waals surface area contributed by atoms with Crippen molar-refractivity contribution in [1.29, 1.82) is 0 Å². The van der Waals surface area contributed by atoms with E-state index in [0.717, 1.165) is 26.9 Å². The third-order valence-electron chi connectivity index (χ3n) is 3.47. The minimum atomic E-state index is -0.286. The lowest BCUT2D eigenvalue weighted by Gasteiger charge is -2.04. The predicted molar refractivity (Wildman–Crippen MR) is 108 cm³/mol. The molecule has 0 bridgehead atoms. The second-order valence-corrected chi connectivity index (χ2v) is 7.80. The van der Waals surface area contributed by atoms with Gasteiger partial charge in [0.1, 0.15) is 0 Å². The number of nitrogens with zero attached hydrogens (tertiary/aromatic N) is 2. The first-order valence-electron chi connectivity index (χ1n) is 7.99. The molecule has 0 radical (unpaired) electrons. The lowest BCUT2D eigenvalue weighted by Crippen LogP contribution is -2.10. The van der Waals surface area contributed by atoms with Crippen molar-refractivity contribution in [3.63, 3.8) is 0 Å². The first kappa shape index (κ1) is 18.4. The zero-order chi connectivity index (χ0) is 18.2. The highest BCUT2D eigenvalue weighted by Crippen LogP contribution is 2.39. The highest BCUT2D eigenvalue weighted by molar-refractivity contribution is 8.25. The lowest BCUT2D eigenvalue weighted by molar-refractivity contribution is -0.116. The van der Waals surface area contributed by atoms with Crippen LogP contribution in [0.1, 0.15) is 11.1 Å². The molecule has 2 aromatic rings. The smallest absolute Gasteiger partial charge is 0.191 e. The Morgan fingerprint density at radius 1 is 0.846 bits per heavy atom. The molecular formula is C20H16N2O2S2. The van der Waals surface area contributed by atoms with Crippen LogP contribution in [0.3, 0.4) is 0 Å². The number of hydrogen-bond donors (Lipinski definition) is 0. The van der Waals surface area contributed by atoms with Gasteiger partial charge in [-0.2, -0.15) is 0 Å². The molecule has 2 aromatic heterocycles. The van der Waals surface area contributed by atoms with Crippen molar-refractivity contribution in [3.8, 4) is 0 Å². The summed E-state index contributed by atoms with van der Waals surface area (Å²) in [6.07, 6.45) is 12.9. The van der Waals surface area contributed by atoms with Crippen molar-refractivity contribution in [2.45, 2.75) is 0 Å². The maximum atomic E-state index is 12.7. The van der Waals surface area contributed by atoms with Crippen LogP contribution in [0.25, 0.3) is 12.2 Å². The molecule has 1 aliphatic heterocycles. The van der Waals surface area contributed by atoms with Crippen LogP contribution in [-0.4, -0.2) is 33.0 Å². The Morgan fingerprint density at radius 2 is 1.35 bits per heavy atom. The Hall–Kier alpha value is -2.44. The number of allylic oxidation sites excluding steroid dienone is 3. The highest BCUT2D eigenvalue weighted by atomic mass is 32.2. The molecule has 1 fully saturated rings. The Balaban J connectivity index is 1.83. The minimum absolute atomic E-state index is 0.234. The number of carbonyl (C=O) groups is 2. The van der Waals surface area contributed by atoms with Crippen LogP contribution in [0.15, 0.2) is 71.0 Å². The molecule has 0 unspecified atom stereocenters. The fraction of sp³-hybridized carbons (Fsp3) is 0.100. The lowest BCUT2D eigenvalue weighted by atomic mass is 10.1. The van der Waals surface area contributed by atoms with Crippen molar-refractivity contribution in [2.75, 3.05) is 11.5 Å². The van der Waals surface area contributed by atoms with E-state index in [4.69, 9.17) is 0 Å². The van der Waals surface area contributed by atoms with Gasteiger partial charge in [0.15, 0.2) is 11.6 Å². The predicted octanol–water partition coefficient (Wildman–Crippen LogP) is 4.03. The van der Waals surface area contributed by atoms with Gasteiger partial charge in [0.25, 0.3) is 0 Å². The van der Waals surface area contributed by atoms with E-state index in [1.807, 2.05) is 12.1 Å². The molecule has 26 heavy (non-hydrogen) atoms. The van der Waals surface area contributed by atoms with Crippen LogP contribution >= 0.6 is 23.5 Å². The van der Waals surface area contributed by atoms with Crippen molar-refractivity contribution in [1.82, 2.24) is 9.97 Å². The second kappa shape index (κ2) is 9.31. The Morgan fingerprint density at radius 3 is 1.77 bits per heavy atom. The van der Waals surface area contributed by atoms with Gasteiger partial charge < -0.3 is 0 Å². The largest absolute Gasteiger partial charge is 0.289 e. The number of hydrogen-bond acceptors (Lipinski definition) is 6. The summed E-state index contributed by atoms with van der Waals surface area (Å²) in [4.78, 5) is 33.4. The molecule has 0 amide bonds. The maximum Gasteiger partial charge on any atom is 0.191 e. The molecule has 0 saturated carbocycles. The van der Waals surface area contributed by atoms with Gasteiger partial charge in [-0.1, -0.05) is 12.1 Å². The third-order valence-corrected chi connectivity index (χ3v) is 6.18. The summed E-state index contributed by atoms with van der Waals surface area (Å²) in [6, 6.07) is 7.31. The maximum absolute atomic E-state index is 12.7. The summed E-state index contributed by atoms with van der Waals surface area (Å²) in [6.45, 7) is 0. The highest BCUT2D eigenvalue weighted by Gasteiger charge is 2.23. The van der Waals surface area contributed by atoms with E-state index < -0.39 is 0 Å². The molecule has 1 saturated heterocycles. The van der Waals surface area contributed by atoms with Crippen LogP contribution in [0.5, 0.6) is 0 Å². The van der Waals surface area contributed by atoms with Gasteiger partial charge >= 0.3 is 0 Å². The molecule has 1 aliphatic rings. The average molecular weight is 380 g/mol. The van der Waals surface area contributed by atoms with Gasteiger partial charge in [0.2, 0.25) is 0 Å². The Kier molecular flexibility index (Phi) is 6.57. The molecule has 3 rings (SSSR count). The quantitative estimate of drug-likeness (QED) is 0.428. The summed E-state index contributed by atoms with van der Waals surface area (Å²) in [5.74, 6) is 1.24. The number of rotatable bonds is 6. The number of pyridine rings is 2. The first-order chi connectivity index (χ1) is 12.7.